The molecule has 0 unspecified atom stereocenters. The second kappa shape index (κ2) is 5.22. The van der Waals surface area contributed by atoms with Gasteiger partial charge in [-0.15, -0.1) is 0 Å². The Balaban J connectivity index is 2.90. The molecular weight excluding hydrogens is 176 g/mol. The van der Waals surface area contributed by atoms with Gasteiger partial charge in [-0.1, -0.05) is 25.6 Å². The van der Waals surface area contributed by atoms with Gasteiger partial charge < -0.3 is 4.74 Å². The smallest absolute Gasteiger partial charge is 0.188 e. The summed E-state index contributed by atoms with van der Waals surface area (Å²) >= 11 is 0. The normalized spacial score (nSPS) is 9.50. The zero-order valence-electron chi connectivity index (χ0n) is 8.32. The molecule has 14 heavy (non-hydrogen) atoms. The lowest BCUT2D eigenvalue weighted by Crippen LogP contribution is -2.02. The molecule has 1 aromatic rings. The lowest BCUT2D eigenvalue weighted by Gasteiger charge is -2.07. The van der Waals surface area contributed by atoms with Crippen molar-refractivity contribution in [1.82, 2.24) is 0 Å². The van der Waals surface area contributed by atoms with E-state index in [-0.39, 0.29) is 5.78 Å². The summed E-state index contributed by atoms with van der Waals surface area (Å²) in [4.78, 5) is 11.4. The molecule has 1 rings (SSSR count). The van der Waals surface area contributed by atoms with E-state index in [1.165, 1.54) is 6.08 Å². The van der Waals surface area contributed by atoms with Gasteiger partial charge in [-0.05, 0) is 24.6 Å². The van der Waals surface area contributed by atoms with Crippen LogP contribution in [0, 0.1) is 0 Å². The molecule has 0 spiro atoms. The molecule has 0 radical (unpaired) electrons. The molecule has 0 amide bonds. The number of ether oxygens (including phenoxy) is 1. The monoisotopic (exact) mass is 190 g/mol. The minimum atomic E-state index is -0.100. The molecule has 0 bridgehead atoms. The van der Waals surface area contributed by atoms with Gasteiger partial charge >= 0.3 is 0 Å². The minimum absolute atomic E-state index is 0.100. The van der Waals surface area contributed by atoms with Gasteiger partial charge in [0.2, 0.25) is 0 Å². The molecule has 0 heterocycles. The fourth-order valence-electron chi connectivity index (χ4n) is 1.12. The quantitative estimate of drug-likeness (QED) is 0.527. The summed E-state index contributed by atoms with van der Waals surface area (Å²) in [5, 5.41) is 0. The second-order valence-corrected chi connectivity index (χ2v) is 2.91. The van der Waals surface area contributed by atoms with Gasteiger partial charge in [0.25, 0.3) is 0 Å². The molecule has 0 saturated carbocycles. The van der Waals surface area contributed by atoms with Crippen molar-refractivity contribution in [2.45, 2.75) is 13.3 Å². The van der Waals surface area contributed by atoms with Crippen LogP contribution in [-0.4, -0.2) is 12.4 Å². The van der Waals surface area contributed by atoms with Crippen molar-refractivity contribution in [1.29, 1.82) is 0 Å². The van der Waals surface area contributed by atoms with Crippen LogP contribution in [0.4, 0.5) is 0 Å². The number of ketones is 1. The molecule has 0 aliphatic carbocycles. The fraction of sp³-hybridized carbons (Fsp3) is 0.250. The predicted molar refractivity (Wildman–Crippen MR) is 56.8 cm³/mol. The molecule has 0 N–H and O–H groups in total. The summed E-state index contributed by atoms with van der Waals surface area (Å²) in [5.41, 5.74) is 0.580. The summed E-state index contributed by atoms with van der Waals surface area (Å²) in [6, 6.07) is 7.21. The van der Waals surface area contributed by atoms with Crippen LogP contribution < -0.4 is 4.74 Å². The van der Waals surface area contributed by atoms with E-state index >= 15 is 0 Å². The van der Waals surface area contributed by atoms with E-state index in [2.05, 4.69) is 6.58 Å². The Bertz CT molecular complexity index is 329. The van der Waals surface area contributed by atoms with E-state index < -0.39 is 0 Å². The first-order valence-corrected chi connectivity index (χ1v) is 4.68. The zero-order valence-corrected chi connectivity index (χ0v) is 8.32. The van der Waals surface area contributed by atoms with Crippen molar-refractivity contribution in [3.05, 3.63) is 42.5 Å². The van der Waals surface area contributed by atoms with Gasteiger partial charge in [0, 0.05) is 0 Å². The predicted octanol–water partition coefficient (Wildman–Crippen LogP) is 2.84. The van der Waals surface area contributed by atoms with Crippen LogP contribution in [0.3, 0.4) is 0 Å². The summed E-state index contributed by atoms with van der Waals surface area (Å²) in [6.45, 7) is 6.11. The minimum Gasteiger partial charge on any atom is -0.493 e. The SMILES string of the molecule is C=CC(=O)c1ccccc1OCCC. The number of carbonyl (C=O) groups is 1. The van der Waals surface area contributed by atoms with Crippen LogP contribution in [-0.2, 0) is 0 Å². The molecule has 0 aliphatic heterocycles. The lowest BCUT2D eigenvalue weighted by atomic mass is 10.1. The zero-order chi connectivity index (χ0) is 10.4. The molecule has 1 aromatic carbocycles. The largest absolute Gasteiger partial charge is 0.493 e. The summed E-state index contributed by atoms with van der Waals surface area (Å²) < 4.78 is 5.44. The molecule has 2 heteroatoms. The van der Waals surface area contributed by atoms with Crippen LogP contribution in [0.15, 0.2) is 36.9 Å². The van der Waals surface area contributed by atoms with Crippen LogP contribution in [0.2, 0.25) is 0 Å². The van der Waals surface area contributed by atoms with Crippen LogP contribution in [0.1, 0.15) is 23.7 Å². The lowest BCUT2D eigenvalue weighted by molar-refractivity contribution is 0.104. The van der Waals surface area contributed by atoms with E-state index in [4.69, 9.17) is 4.74 Å². The molecule has 74 valence electrons. The maximum absolute atomic E-state index is 11.4. The third kappa shape index (κ3) is 2.46. The molecular formula is C12H14O2. The van der Waals surface area contributed by atoms with E-state index in [1.807, 2.05) is 19.1 Å². The van der Waals surface area contributed by atoms with Crippen molar-refractivity contribution < 1.29 is 9.53 Å². The highest BCUT2D eigenvalue weighted by Crippen LogP contribution is 2.18. The Morgan fingerprint density at radius 1 is 1.50 bits per heavy atom. The molecule has 0 atom stereocenters. The summed E-state index contributed by atoms with van der Waals surface area (Å²) in [7, 11) is 0. The number of allylic oxidation sites excluding steroid dienone is 1. The molecule has 0 fully saturated rings. The summed E-state index contributed by atoms with van der Waals surface area (Å²) in [5.74, 6) is 0.538. The molecule has 2 nitrogen and oxygen atoms in total. The highest BCUT2D eigenvalue weighted by atomic mass is 16.5. The highest BCUT2D eigenvalue weighted by Gasteiger charge is 2.07. The van der Waals surface area contributed by atoms with Crippen LogP contribution >= 0.6 is 0 Å². The first-order valence-electron chi connectivity index (χ1n) is 4.68. The van der Waals surface area contributed by atoms with Gasteiger partial charge in [0.15, 0.2) is 5.78 Å². The van der Waals surface area contributed by atoms with E-state index in [0.29, 0.717) is 17.9 Å². The van der Waals surface area contributed by atoms with Crippen LogP contribution in [0.5, 0.6) is 5.75 Å². The number of benzene rings is 1. The summed E-state index contributed by atoms with van der Waals surface area (Å²) in [6.07, 6.45) is 2.23. The fourth-order valence-corrected chi connectivity index (χ4v) is 1.12. The Morgan fingerprint density at radius 3 is 2.86 bits per heavy atom. The van der Waals surface area contributed by atoms with E-state index in [0.717, 1.165) is 6.42 Å². The first kappa shape index (κ1) is 10.5. The maximum atomic E-state index is 11.4. The van der Waals surface area contributed by atoms with Gasteiger partial charge in [-0.3, -0.25) is 4.79 Å². The van der Waals surface area contributed by atoms with Gasteiger partial charge in [0.1, 0.15) is 5.75 Å². The third-order valence-corrected chi connectivity index (χ3v) is 1.80. The van der Waals surface area contributed by atoms with Crippen molar-refractivity contribution in [2.24, 2.45) is 0 Å². The number of carbonyl (C=O) groups excluding carboxylic acids is 1. The van der Waals surface area contributed by atoms with Crippen molar-refractivity contribution in [2.75, 3.05) is 6.61 Å². The number of para-hydroxylation sites is 1. The maximum Gasteiger partial charge on any atom is 0.188 e. The third-order valence-electron chi connectivity index (χ3n) is 1.80. The Morgan fingerprint density at radius 2 is 2.21 bits per heavy atom. The molecule has 0 saturated heterocycles. The Hall–Kier alpha value is -1.57. The molecule has 0 aliphatic rings. The van der Waals surface area contributed by atoms with Crippen LogP contribution in [0.25, 0.3) is 0 Å². The molecule has 0 aromatic heterocycles. The average Bonchev–Trinajstić information content (AvgIpc) is 2.25. The van der Waals surface area contributed by atoms with Crippen molar-refractivity contribution in [3.8, 4) is 5.75 Å². The Labute approximate surface area is 84.2 Å². The van der Waals surface area contributed by atoms with E-state index in [9.17, 15) is 4.79 Å². The highest BCUT2D eigenvalue weighted by molar-refractivity contribution is 6.06. The number of hydrogen-bond acceptors (Lipinski definition) is 2. The van der Waals surface area contributed by atoms with Crippen molar-refractivity contribution in [3.63, 3.8) is 0 Å². The first-order chi connectivity index (χ1) is 6.79. The van der Waals surface area contributed by atoms with Crippen molar-refractivity contribution >= 4 is 5.78 Å². The number of rotatable bonds is 5. The Kier molecular flexibility index (Phi) is 3.92. The van der Waals surface area contributed by atoms with Gasteiger partial charge in [-0.2, -0.15) is 0 Å². The number of hydrogen-bond donors (Lipinski definition) is 0. The van der Waals surface area contributed by atoms with Gasteiger partial charge in [-0.25, -0.2) is 0 Å². The van der Waals surface area contributed by atoms with Gasteiger partial charge in [0.05, 0.1) is 12.2 Å². The average molecular weight is 190 g/mol. The van der Waals surface area contributed by atoms with E-state index in [1.54, 1.807) is 12.1 Å². The standard InChI is InChI=1S/C12H14O2/c1-3-9-14-12-8-6-5-7-10(12)11(13)4-2/h4-8H,2-3,9H2,1H3. The topological polar surface area (TPSA) is 26.3 Å². The second-order valence-electron chi connectivity index (χ2n) is 2.91.